The molecular formula is C4H8O2S2. The van der Waals surface area contributed by atoms with Crippen LogP contribution >= 0.6 is 25.5 Å². The van der Waals surface area contributed by atoms with E-state index >= 15 is 0 Å². The Bertz CT molecular complexity index is 80.1. The van der Waals surface area contributed by atoms with E-state index in [-0.39, 0.29) is 0 Å². The van der Waals surface area contributed by atoms with Crippen molar-refractivity contribution in [3.63, 3.8) is 0 Å². The molecule has 0 saturated carbocycles. The third kappa shape index (κ3) is 2.07. The van der Waals surface area contributed by atoms with Crippen molar-refractivity contribution in [1.82, 2.24) is 0 Å². The van der Waals surface area contributed by atoms with Gasteiger partial charge in [0.15, 0.2) is 6.29 Å². The molecule has 0 heterocycles. The van der Waals surface area contributed by atoms with Crippen molar-refractivity contribution in [3.05, 3.63) is 0 Å². The molecule has 1 atom stereocenters. The van der Waals surface area contributed by atoms with Crippen molar-refractivity contribution in [3.8, 4) is 0 Å². The first-order chi connectivity index (χ1) is 3.68. The molecule has 2 nitrogen and oxygen atoms in total. The summed E-state index contributed by atoms with van der Waals surface area (Å²) in [6, 6.07) is 0. The van der Waals surface area contributed by atoms with Crippen LogP contribution in [0.15, 0.2) is 0 Å². The zero-order valence-electron chi connectivity index (χ0n) is 4.50. The fraction of sp³-hybridized carbons (Fsp3) is 0.750. The minimum absolute atomic E-state index is 0.347. The fourth-order valence-corrected chi connectivity index (χ4v) is 0.436. The molecule has 0 saturated heterocycles. The summed E-state index contributed by atoms with van der Waals surface area (Å²) in [6.45, 7) is 1.61. The molecule has 8 heavy (non-hydrogen) atoms. The summed E-state index contributed by atoms with van der Waals surface area (Å²) < 4.78 is 4.49. The maximum atomic E-state index is 10.1. The van der Waals surface area contributed by atoms with E-state index in [1.54, 1.807) is 6.92 Å². The van der Waals surface area contributed by atoms with Crippen molar-refractivity contribution < 1.29 is 8.98 Å². The molecule has 0 radical (unpaired) electrons. The standard InChI is InChI=1S/C4H8O2S2/c1-4(2-5,3-7)6-8/h2,7-8H,3H2,1H3. The Morgan fingerprint density at radius 2 is 2.38 bits per heavy atom. The quantitative estimate of drug-likeness (QED) is 0.354. The lowest BCUT2D eigenvalue weighted by atomic mass is 10.2. The van der Waals surface area contributed by atoms with E-state index in [2.05, 4.69) is 29.7 Å². The first-order valence-electron chi connectivity index (χ1n) is 2.08. The van der Waals surface area contributed by atoms with Crippen LogP contribution in [0.5, 0.6) is 0 Å². The lowest BCUT2D eigenvalue weighted by Gasteiger charge is -2.15. The first-order valence-corrected chi connectivity index (χ1v) is 3.08. The highest BCUT2D eigenvalue weighted by molar-refractivity contribution is 7.80. The molecule has 0 amide bonds. The number of rotatable bonds is 3. The zero-order chi connectivity index (χ0) is 6.62. The SMILES string of the molecule is CC(C=O)(CS)OS. The van der Waals surface area contributed by atoms with Crippen LogP contribution in [0, 0.1) is 0 Å². The van der Waals surface area contributed by atoms with Gasteiger partial charge in [-0.25, -0.2) is 0 Å². The second kappa shape index (κ2) is 3.37. The Labute approximate surface area is 59.6 Å². The van der Waals surface area contributed by atoms with Gasteiger partial charge >= 0.3 is 0 Å². The van der Waals surface area contributed by atoms with Gasteiger partial charge in [-0.1, -0.05) is 0 Å². The lowest BCUT2D eigenvalue weighted by Crippen LogP contribution is -2.29. The predicted octanol–water partition coefficient (Wildman–Crippen LogP) is 0.735. The Hall–Kier alpha value is 0.330. The maximum absolute atomic E-state index is 10.1. The average Bonchev–Trinajstić information content (AvgIpc) is 1.87. The van der Waals surface area contributed by atoms with Crippen molar-refractivity contribution in [1.29, 1.82) is 0 Å². The van der Waals surface area contributed by atoms with Gasteiger partial charge in [0.1, 0.15) is 5.60 Å². The molecule has 1 unspecified atom stereocenters. The Balaban J connectivity index is 3.76. The molecule has 0 aromatic carbocycles. The van der Waals surface area contributed by atoms with Crippen molar-refractivity contribution >= 4 is 31.8 Å². The molecule has 0 aliphatic heterocycles. The molecule has 0 aliphatic rings. The minimum Gasteiger partial charge on any atom is -0.304 e. The summed E-state index contributed by atoms with van der Waals surface area (Å²) in [5.41, 5.74) is -0.827. The lowest BCUT2D eigenvalue weighted by molar-refractivity contribution is -0.117. The number of hydrogen-bond donors (Lipinski definition) is 2. The average molecular weight is 152 g/mol. The first kappa shape index (κ1) is 8.33. The van der Waals surface area contributed by atoms with E-state index in [0.717, 1.165) is 0 Å². The third-order valence-electron chi connectivity index (χ3n) is 0.772. The number of carbonyl (C=O) groups excluding carboxylic acids is 1. The van der Waals surface area contributed by atoms with Crippen molar-refractivity contribution in [2.45, 2.75) is 12.5 Å². The number of aldehydes is 1. The summed E-state index contributed by atoms with van der Waals surface area (Å²) in [7, 11) is 0. The van der Waals surface area contributed by atoms with E-state index in [4.69, 9.17) is 0 Å². The van der Waals surface area contributed by atoms with Gasteiger partial charge in [-0.05, 0) is 19.8 Å². The molecule has 0 aromatic rings. The summed E-state index contributed by atoms with van der Waals surface area (Å²) in [6.07, 6.45) is 0.674. The smallest absolute Gasteiger partial charge is 0.153 e. The molecule has 0 bridgehead atoms. The largest absolute Gasteiger partial charge is 0.304 e. The topological polar surface area (TPSA) is 26.3 Å². The summed E-state index contributed by atoms with van der Waals surface area (Å²) in [5.74, 6) is 0.347. The molecule has 0 spiro atoms. The van der Waals surface area contributed by atoms with Crippen LogP contribution in [-0.4, -0.2) is 17.6 Å². The van der Waals surface area contributed by atoms with Crippen LogP contribution in [-0.2, 0) is 8.98 Å². The van der Waals surface area contributed by atoms with E-state index in [1.807, 2.05) is 0 Å². The second-order valence-electron chi connectivity index (χ2n) is 1.68. The molecule has 0 N–H and O–H groups in total. The second-order valence-corrected chi connectivity index (χ2v) is 2.18. The van der Waals surface area contributed by atoms with Crippen LogP contribution in [0.4, 0.5) is 0 Å². The molecule has 0 aliphatic carbocycles. The molecule has 0 fully saturated rings. The molecule has 4 heteroatoms. The van der Waals surface area contributed by atoms with E-state index in [0.29, 0.717) is 12.0 Å². The normalized spacial score (nSPS) is 17.4. The Kier molecular flexibility index (Phi) is 3.51. The highest BCUT2D eigenvalue weighted by Crippen LogP contribution is 2.09. The van der Waals surface area contributed by atoms with E-state index < -0.39 is 5.60 Å². The van der Waals surface area contributed by atoms with Crippen LogP contribution in [0.25, 0.3) is 0 Å². The fourth-order valence-electron chi connectivity index (χ4n) is 0.0877. The van der Waals surface area contributed by atoms with E-state index in [1.165, 1.54) is 0 Å². The highest BCUT2D eigenvalue weighted by atomic mass is 32.1. The van der Waals surface area contributed by atoms with Gasteiger partial charge in [-0.15, -0.1) is 0 Å². The summed E-state index contributed by atoms with van der Waals surface area (Å²) in [5, 5.41) is 0. The van der Waals surface area contributed by atoms with Crippen LogP contribution in [0.2, 0.25) is 0 Å². The van der Waals surface area contributed by atoms with Crippen LogP contribution in [0.3, 0.4) is 0 Å². The maximum Gasteiger partial charge on any atom is 0.153 e. The Morgan fingerprint density at radius 3 is 2.38 bits per heavy atom. The Morgan fingerprint density at radius 1 is 1.88 bits per heavy atom. The van der Waals surface area contributed by atoms with Gasteiger partial charge in [0.2, 0.25) is 0 Å². The van der Waals surface area contributed by atoms with Crippen LogP contribution < -0.4 is 0 Å². The number of thiol groups is 2. The van der Waals surface area contributed by atoms with Gasteiger partial charge < -0.3 is 8.98 Å². The van der Waals surface area contributed by atoms with Gasteiger partial charge in [0.25, 0.3) is 0 Å². The highest BCUT2D eigenvalue weighted by Gasteiger charge is 2.20. The monoisotopic (exact) mass is 152 g/mol. The molecule has 0 aromatic heterocycles. The van der Waals surface area contributed by atoms with Crippen LogP contribution in [0.1, 0.15) is 6.92 Å². The van der Waals surface area contributed by atoms with Crippen molar-refractivity contribution in [2.75, 3.05) is 5.75 Å². The molecule has 0 rings (SSSR count). The van der Waals surface area contributed by atoms with E-state index in [9.17, 15) is 4.79 Å². The molecule has 48 valence electrons. The summed E-state index contributed by atoms with van der Waals surface area (Å²) in [4.78, 5) is 10.1. The zero-order valence-corrected chi connectivity index (χ0v) is 6.28. The van der Waals surface area contributed by atoms with Gasteiger partial charge in [-0.3, -0.25) is 0 Å². The van der Waals surface area contributed by atoms with Crippen molar-refractivity contribution in [2.24, 2.45) is 0 Å². The third-order valence-corrected chi connectivity index (χ3v) is 1.82. The van der Waals surface area contributed by atoms with Gasteiger partial charge in [0, 0.05) is 5.75 Å². The van der Waals surface area contributed by atoms with Gasteiger partial charge in [0.05, 0.1) is 0 Å². The molecular weight excluding hydrogens is 144 g/mol. The summed E-state index contributed by atoms with van der Waals surface area (Å²) >= 11 is 7.34. The minimum atomic E-state index is -0.827. The predicted molar refractivity (Wildman–Crippen MR) is 38.4 cm³/mol. The number of carbonyl (C=O) groups is 1. The number of hydrogen-bond acceptors (Lipinski definition) is 4. The van der Waals surface area contributed by atoms with Gasteiger partial charge in [-0.2, -0.15) is 12.6 Å².